The molecule has 0 radical (unpaired) electrons. The minimum Gasteiger partial charge on any atom is -0.397 e. The molecule has 1 aliphatic rings. The first-order valence-corrected chi connectivity index (χ1v) is 8.83. The van der Waals surface area contributed by atoms with Gasteiger partial charge in [0.25, 0.3) is 11.8 Å². The molecule has 0 atom stereocenters. The minimum absolute atomic E-state index is 0.00307. The molecule has 1 amide bonds. The summed E-state index contributed by atoms with van der Waals surface area (Å²) in [4.78, 5) is 18.5. The fourth-order valence-corrected chi connectivity index (χ4v) is 4.02. The third-order valence-electron chi connectivity index (χ3n) is 4.43. The first kappa shape index (κ1) is 16.9. The van der Waals surface area contributed by atoms with Gasteiger partial charge in [0.15, 0.2) is 0 Å². The lowest BCUT2D eigenvalue weighted by Gasteiger charge is -2.29. The number of pyridine rings is 1. The number of amides is 1. The van der Waals surface area contributed by atoms with Gasteiger partial charge in [0.05, 0.1) is 5.69 Å². The highest BCUT2D eigenvalue weighted by molar-refractivity contribution is 7.21. The summed E-state index contributed by atoms with van der Waals surface area (Å²) in [6, 6.07) is 1.42. The molecule has 0 saturated carbocycles. The fraction of sp³-hybridized carbons (Fsp3) is 0.500. The number of carbonyl (C=O) groups is 1. The Morgan fingerprint density at radius 1 is 1.38 bits per heavy atom. The summed E-state index contributed by atoms with van der Waals surface area (Å²) in [7, 11) is 0. The zero-order valence-electron chi connectivity index (χ0n) is 13.4. The van der Waals surface area contributed by atoms with Crippen molar-refractivity contribution in [3.8, 4) is 0 Å². The number of hydrogen-bond acceptors (Lipinski definition) is 5. The maximum absolute atomic E-state index is 14.5. The summed E-state index contributed by atoms with van der Waals surface area (Å²) >= 11 is 0.980. The van der Waals surface area contributed by atoms with E-state index in [0.29, 0.717) is 10.6 Å². The van der Waals surface area contributed by atoms with Crippen molar-refractivity contribution in [1.29, 1.82) is 0 Å². The molecule has 130 valence electrons. The van der Waals surface area contributed by atoms with Crippen LogP contribution in [0.1, 0.15) is 47.8 Å². The van der Waals surface area contributed by atoms with Crippen molar-refractivity contribution < 1.29 is 13.6 Å². The summed E-state index contributed by atoms with van der Waals surface area (Å²) in [5.41, 5.74) is 11.1. The number of anilines is 2. The Labute approximate surface area is 142 Å². The molecule has 0 unspecified atom stereocenters. The monoisotopic (exact) mass is 354 g/mol. The van der Waals surface area contributed by atoms with E-state index in [2.05, 4.69) is 4.98 Å². The number of thiophene rings is 1. The molecule has 5 nitrogen and oxygen atoms in total. The highest BCUT2D eigenvalue weighted by Gasteiger charge is 2.35. The predicted molar refractivity (Wildman–Crippen MR) is 92.8 cm³/mol. The van der Waals surface area contributed by atoms with E-state index < -0.39 is 11.8 Å². The highest BCUT2D eigenvalue weighted by atomic mass is 32.1. The van der Waals surface area contributed by atoms with E-state index in [0.717, 1.165) is 43.7 Å². The number of nitrogens with two attached hydrogens (primary N) is 2. The Morgan fingerprint density at radius 2 is 2.04 bits per heavy atom. The van der Waals surface area contributed by atoms with Crippen molar-refractivity contribution in [3.05, 3.63) is 16.5 Å². The van der Waals surface area contributed by atoms with Gasteiger partial charge in [-0.05, 0) is 25.3 Å². The van der Waals surface area contributed by atoms with Crippen molar-refractivity contribution in [2.24, 2.45) is 5.73 Å². The van der Waals surface area contributed by atoms with Crippen molar-refractivity contribution >= 4 is 39.0 Å². The Hall–Kier alpha value is -1.96. The van der Waals surface area contributed by atoms with Gasteiger partial charge in [0, 0.05) is 30.5 Å². The number of rotatable bonds is 4. The van der Waals surface area contributed by atoms with Gasteiger partial charge >= 0.3 is 0 Å². The lowest BCUT2D eigenvalue weighted by Crippen LogP contribution is -2.30. The number of alkyl halides is 2. The number of nitrogens with zero attached hydrogens (tertiary/aromatic N) is 2. The molecule has 3 heterocycles. The third-order valence-corrected chi connectivity index (χ3v) is 5.54. The van der Waals surface area contributed by atoms with E-state index >= 15 is 0 Å². The van der Waals surface area contributed by atoms with Crippen LogP contribution in [-0.2, 0) is 5.92 Å². The van der Waals surface area contributed by atoms with E-state index in [1.165, 1.54) is 13.0 Å². The Morgan fingerprint density at radius 3 is 2.62 bits per heavy atom. The molecule has 4 N–H and O–H groups in total. The molecule has 2 aromatic rings. The third kappa shape index (κ3) is 2.79. The quantitative estimate of drug-likeness (QED) is 0.880. The number of hydrogen-bond donors (Lipinski definition) is 2. The van der Waals surface area contributed by atoms with Gasteiger partial charge in [0.1, 0.15) is 15.5 Å². The van der Waals surface area contributed by atoms with Crippen LogP contribution in [0.15, 0.2) is 6.07 Å². The van der Waals surface area contributed by atoms with Crippen LogP contribution < -0.4 is 16.4 Å². The minimum atomic E-state index is -3.05. The van der Waals surface area contributed by atoms with Gasteiger partial charge in [-0.25, -0.2) is 13.8 Å². The van der Waals surface area contributed by atoms with E-state index in [1.54, 1.807) is 0 Å². The zero-order chi connectivity index (χ0) is 17.5. The second kappa shape index (κ2) is 6.16. The number of primary amides is 1. The SMILES string of the molecule is CCC(F)(F)c1cc(N2CCCCC2)nc2sc(C(N)=O)c(N)c12. The van der Waals surface area contributed by atoms with Gasteiger partial charge in [-0.15, -0.1) is 11.3 Å². The van der Waals surface area contributed by atoms with Crippen LogP contribution in [0.25, 0.3) is 10.2 Å². The smallest absolute Gasteiger partial charge is 0.273 e. The lowest BCUT2D eigenvalue weighted by molar-refractivity contribution is -0.00671. The summed E-state index contributed by atoms with van der Waals surface area (Å²) in [6.07, 6.45) is 2.80. The first-order chi connectivity index (χ1) is 11.3. The molecule has 8 heteroatoms. The average Bonchev–Trinajstić information content (AvgIpc) is 2.92. The molecule has 2 aromatic heterocycles. The van der Waals surface area contributed by atoms with E-state index in [4.69, 9.17) is 11.5 Å². The Balaban J connectivity index is 2.24. The number of piperidine rings is 1. The molecule has 24 heavy (non-hydrogen) atoms. The van der Waals surface area contributed by atoms with Crippen LogP contribution in [0.3, 0.4) is 0 Å². The molecule has 0 aliphatic carbocycles. The standard InChI is InChI=1S/C16H20F2N4OS/c1-2-16(17,18)9-8-10(22-6-4-3-5-7-22)21-15-11(9)12(19)13(24-15)14(20)23/h8H,2-7,19H2,1H3,(H2,20,23). The van der Waals surface area contributed by atoms with Crippen molar-refractivity contribution in [2.75, 3.05) is 23.7 Å². The molecule has 1 saturated heterocycles. The van der Waals surface area contributed by atoms with Crippen molar-refractivity contribution in [1.82, 2.24) is 4.98 Å². The average molecular weight is 354 g/mol. The number of aromatic nitrogens is 1. The normalized spacial score (nSPS) is 15.9. The first-order valence-electron chi connectivity index (χ1n) is 8.01. The van der Waals surface area contributed by atoms with Gasteiger partial charge < -0.3 is 16.4 Å². The lowest BCUT2D eigenvalue weighted by atomic mass is 10.0. The summed E-state index contributed by atoms with van der Waals surface area (Å²) < 4.78 is 29.1. The maximum atomic E-state index is 14.5. The predicted octanol–water partition coefficient (Wildman–Crippen LogP) is 3.47. The van der Waals surface area contributed by atoms with Gasteiger partial charge in [-0.3, -0.25) is 4.79 Å². The van der Waals surface area contributed by atoms with Crippen LogP contribution in [0.4, 0.5) is 20.3 Å². The van der Waals surface area contributed by atoms with Gasteiger partial charge in [0.2, 0.25) is 0 Å². The topological polar surface area (TPSA) is 85.2 Å². The second-order valence-corrected chi connectivity index (χ2v) is 7.02. The van der Waals surface area contributed by atoms with Crippen LogP contribution in [-0.4, -0.2) is 24.0 Å². The van der Waals surface area contributed by atoms with Crippen LogP contribution >= 0.6 is 11.3 Å². The Bertz CT molecular complexity index is 784. The molecule has 1 aliphatic heterocycles. The summed E-state index contributed by atoms with van der Waals surface area (Å²) in [6.45, 7) is 3.00. The molecule has 0 aromatic carbocycles. The largest absolute Gasteiger partial charge is 0.397 e. The second-order valence-electron chi connectivity index (χ2n) is 6.02. The molecule has 1 fully saturated rings. The van der Waals surface area contributed by atoms with Crippen LogP contribution in [0.5, 0.6) is 0 Å². The molecule has 0 spiro atoms. The molecular formula is C16H20F2N4OS. The fourth-order valence-electron chi connectivity index (χ4n) is 3.05. The number of fused-ring (bicyclic) bond motifs is 1. The van der Waals surface area contributed by atoms with Gasteiger partial charge in [-0.1, -0.05) is 6.92 Å². The highest BCUT2D eigenvalue weighted by Crippen LogP contribution is 2.44. The van der Waals surface area contributed by atoms with Crippen LogP contribution in [0.2, 0.25) is 0 Å². The van der Waals surface area contributed by atoms with E-state index in [9.17, 15) is 13.6 Å². The summed E-state index contributed by atoms with van der Waals surface area (Å²) in [5, 5.41) is 0.154. The molecule has 0 bridgehead atoms. The number of nitrogen functional groups attached to an aromatic ring is 1. The molecular weight excluding hydrogens is 334 g/mol. The maximum Gasteiger partial charge on any atom is 0.273 e. The van der Waals surface area contributed by atoms with Crippen LogP contribution in [0, 0.1) is 0 Å². The number of halogens is 2. The Kier molecular flexibility index (Phi) is 4.33. The molecule has 3 rings (SSSR count). The van der Waals surface area contributed by atoms with Crippen molar-refractivity contribution in [2.45, 2.75) is 38.5 Å². The van der Waals surface area contributed by atoms with E-state index in [1.807, 2.05) is 4.90 Å². The van der Waals surface area contributed by atoms with Crippen molar-refractivity contribution in [3.63, 3.8) is 0 Å². The summed E-state index contributed by atoms with van der Waals surface area (Å²) in [5.74, 6) is -3.25. The van der Waals surface area contributed by atoms with E-state index in [-0.39, 0.29) is 27.9 Å². The number of carbonyl (C=O) groups excluding carboxylic acids is 1. The van der Waals surface area contributed by atoms with Gasteiger partial charge in [-0.2, -0.15) is 0 Å². The zero-order valence-corrected chi connectivity index (χ0v) is 14.3.